The zero-order valence-electron chi connectivity index (χ0n) is 11.5. The number of nitrogens with one attached hydrogen (secondary N) is 1. The van der Waals surface area contributed by atoms with Gasteiger partial charge in [-0.1, -0.05) is 6.92 Å². The van der Waals surface area contributed by atoms with Crippen molar-refractivity contribution in [1.29, 1.82) is 0 Å². The Hall–Kier alpha value is -1.98. The first kappa shape index (κ1) is 15.1. The van der Waals surface area contributed by atoms with E-state index >= 15 is 0 Å². The van der Waals surface area contributed by atoms with Gasteiger partial charge in [0, 0.05) is 13.6 Å². The molecule has 1 aromatic heterocycles. The molecule has 106 valence electrons. The van der Waals surface area contributed by atoms with Gasteiger partial charge in [0.05, 0.1) is 12.5 Å². The molecule has 2 amide bonds. The number of carbonyl (C=O) groups is 2. The SMILES string of the molecule is Cc1ccc(CN(C)C(=O)NCCC(C)C(=O)O)o1. The van der Waals surface area contributed by atoms with Crippen LogP contribution in [0.25, 0.3) is 0 Å². The van der Waals surface area contributed by atoms with Gasteiger partial charge in [0.1, 0.15) is 11.5 Å². The molecule has 0 aliphatic rings. The number of nitrogens with zero attached hydrogens (tertiary/aromatic N) is 1. The molecule has 0 saturated carbocycles. The van der Waals surface area contributed by atoms with Crippen molar-refractivity contribution >= 4 is 12.0 Å². The largest absolute Gasteiger partial charge is 0.481 e. The molecule has 2 N–H and O–H groups in total. The molecule has 1 atom stereocenters. The third-order valence-corrected chi connectivity index (χ3v) is 2.81. The highest BCUT2D eigenvalue weighted by atomic mass is 16.4. The van der Waals surface area contributed by atoms with Crippen LogP contribution in [0.2, 0.25) is 0 Å². The number of aliphatic carboxylic acids is 1. The molecule has 0 saturated heterocycles. The van der Waals surface area contributed by atoms with Gasteiger partial charge >= 0.3 is 12.0 Å². The maximum absolute atomic E-state index is 11.7. The van der Waals surface area contributed by atoms with Crippen LogP contribution in [-0.4, -0.2) is 35.6 Å². The van der Waals surface area contributed by atoms with Crippen molar-refractivity contribution < 1.29 is 19.1 Å². The van der Waals surface area contributed by atoms with Crippen molar-refractivity contribution in [3.8, 4) is 0 Å². The number of amides is 2. The molecule has 0 bridgehead atoms. The van der Waals surface area contributed by atoms with Crippen molar-refractivity contribution in [1.82, 2.24) is 10.2 Å². The summed E-state index contributed by atoms with van der Waals surface area (Å²) in [5.74, 6) is 0.208. The van der Waals surface area contributed by atoms with Gasteiger partial charge in [-0.3, -0.25) is 4.79 Å². The summed E-state index contributed by atoms with van der Waals surface area (Å²) in [7, 11) is 1.66. The Morgan fingerprint density at radius 2 is 2.16 bits per heavy atom. The number of aryl methyl sites for hydroxylation is 1. The monoisotopic (exact) mass is 268 g/mol. The van der Waals surface area contributed by atoms with E-state index in [2.05, 4.69) is 5.32 Å². The smallest absolute Gasteiger partial charge is 0.317 e. The van der Waals surface area contributed by atoms with Crippen LogP contribution in [0.1, 0.15) is 24.9 Å². The van der Waals surface area contributed by atoms with E-state index in [4.69, 9.17) is 9.52 Å². The standard InChI is InChI=1S/C13H20N2O4/c1-9(12(16)17)6-7-14-13(18)15(3)8-11-5-4-10(2)19-11/h4-5,9H,6-8H2,1-3H3,(H,14,18)(H,16,17). The van der Waals surface area contributed by atoms with E-state index in [9.17, 15) is 9.59 Å². The molecule has 19 heavy (non-hydrogen) atoms. The molecule has 0 aromatic carbocycles. The van der Waals surface area contributed by atoms with Gasteiger partial charge in [-0.15, -0.1) is 0 Å². The quantitative estimate of drug-likeness (QED) is 0.824. The molecular formula is C13H20N2O4. The molecule has 1 aromatic rings. The normalized spacial score (nSPS) is 11.9. The maximum atomic E-state index is 11.7. The topological polar surface area (TPSA) is 82.8 Å². The van der Waals surface area contributed by atoms with Crippen molar-refractivity contribution in [3.63, 3.8) is 0 Å². The highest BCUT2D eigenvalue weighted by Crippen LogP contribution is 2.08. The Labute approximate surface area is 112 Å². The molecule has 1 heterocycles. The zero-order valence-corrected chi connectivity index (χ0v) is 11.5. The van der Waals surface area contributed by atoms with E-state index in [0.29, 0.717) is 25.3 Å². The van der Waals surface area contributed by atoms with Crippen LogP contribution < -0.4 is 5.32 Å². The first-order chi connectivity index (χ1) is 8.90. The Bertz CT molecular complexity index is 442. The minimum atomic E-state index is -0.853. The van der Waals surface area contributed by atoms with E-state index in [0.717, 1.165) is 5.76 Å². The Morgan fingerprint density at radius 1 is 1.47 bits per heavy atom. The Balaban J connectivity index is 2.31. The summed E-state index contributed by atoms with van der Waals surface area (Å²) >= 11 is 0. The predicted octanol–water partition coefficient (Wildman–Crippen LogP) is 1.84. The summed E-state index contributed by atoms with van der Waals surface area (Å²) in [5, 5.41) is 11.4. The van der Waals surface area contributed by atoms with Crippen molar-refractivity contribution in [2.75, 3.05) is 13.6 Å². The molecule has 0 aliphatic carbocycles. The summed E-state index contributed by atoms with van der Waals surface area (Å²) in [6.45, 7) is 4.18. The third-order valence-electron chi connectivity index (χ3n) is 2.81. The molecule has 0 fully saturated rings. The van der Waals surface area contributed by atoms with Gasteiger partial charge in [0.2, 0.25) is 0 Å². The second-order valence-electron chi connectivity index (χ2n) is 4.63. The Kier molecular flexibility index (Phi) is 5.41. The van der Waals surface area contributed by atoms with Gasteiger partial charge < -0.3 is 19.7 Å². The number of urea groups is 1. The van der Waals surface area contributed by atoms with Crippen molar-refractivity contribution in [3.05, 3.63) is 23.7 Å². The number of rotatable bonds is 6. The van der Waals surface area contributed by atoms with Crippen LogP contribution in [0.15, 0.2) is 16.5 Å². The maximum Gasteiger partial charge on any atom is 0.317 e. The minimum Gasteiger partial charge on any atom is -0.481 e. The highest BCUT2D eigenvalue weighted by molar-refractivity contribution is 5.74. The Morgan fingerprint density at radius 3 is 2.68 bits per heavy atom. The number of hydrogen-bond acceptors (Lipinski definition) is 3. The summed E-state index contributed by atoms with van der Waals surface area (Å²) in [5.41, 5.74) is 0. The highest BCUT2D eigenvalue weighted by Gasteiger charge is 2.13. The third kappa shape index (κ3) is 5.03. The molecule has 0 radical (unpaired) electrons. The average molecular weight is 268 g/mol. The van der Waals surface area contributed by atoms with Gasteiger partial charge in [0.15, 0.2) is 0 Å². The van der Waals surface area contributed by atoms with Crippen LogP contribution in [0.4, 0.5) is 4.79 Å². The van der Waals surface area contributed by atoms with Crippen LogP contribution in [-0.2, 0) is 11.3 Å². The molecule has 6 nitrogen and oxygen atoms in total. The number of furan rings is 1. The fourth-order valence-electron chi connectivity index (χ4n) is 1.53. The predicted molar refractivity (Wildman–Crippen MR) is 69.7 cm³/mol. The van der Waals surface area contributed by atoms with Crippen LogP contribution in [0.3, 0.4) is 0 Å². The molecule has 1 rings (SSSR count). The second-order valence-corrected chi connectivity index (χ2v) is 4.63. The lowest BCUT2D eigenvalue weighted by Gasteiger charge is -2.17. The molecule has 0 spiro atoms. The summed E-state index contributed by atoms with van der Waals surface area (Å²) < 4.78 is 5.38. The minimum absolute atomic E-state index is 0.244. The van der Waals surface area contributed by atoms with E-state index in [1.165, 1.54) is 4.90 Å². The van der Waals surface area contributed by atoms with Gasteiger partial charge in [0.25, 0.3) is 0 Å². The lowest BCUT2D eigenvalue weighted by molar-refractivity contribution is -0.141. The lowest BCUT2D eigenvalue weighted by atomic mass is 10.1. The second kappa shape index (κ2) is 6.82. The van der Waals surface area contributed by atoms with E-state index < -0.39 is 11.9 Å². The molecule has 0 aliphatic heterocycles. The molecule has 6 heteroatoms. The first-order valence-electron chi connectivity index (χ1n) is 6.17. The molecule has 1 unspecified atom stereocenters. The van der Waals surface area contributed by atoms with Gasteiger partial charge in [-0.05, 0) is 25.5 Å². The van der Waals surface area contributed by atoms with Crippen molar-refractivity contribution in [2.45, 2.75) is 26.8 Å². The summed E-state index contributed by atoms with van der Waals surface area (Å²) in [6.07, 6.45) is 0.411. The number of carboxylic acids is 1. The van der Waals surface area contributed by atoms with Crippen molar-refractivity contribution in [2.24, 2.45) is 5.92 Å². The fraction of sp³-hybridized carbons (Fsp3) is 0.538. The summed E-state index contributed by atoms with van der Waals surface area (Å²) in [6, 6.07) is 3.42. The lowest BCUT2D eigenvalue weighted by Crippen LogP contribution is -2.37. The van der Waals surface area contributed by atoms with E-state index in [-0.39, 0.29) is 6.03 Å². The van der Waals surface area contributed by atoms with Gasteiger partial charge in [-0.2, -0.15) is 0 Å². The number of carboxylic acid groups (broad SMARTS) is 1. The van der Waals surface area contributed by atoms with Crippen LogP contribution >= 0.6 is 0 Å². The van der Waals surface area contributed by atoms with Crippen LogP contribution in [0, 0.1) is 12.8 Å². The fourth-order valence-corrected chi connectivity index (χ4v) is 1.53. The zero-order chi connectivity index (χ0) is 14.4. The van der Waals surface area contributed by atoms with Gasteiger partial charge in [-0.25, -0.2) is 4.79 Å². The average Bonchev–Trinajstić information content (AvgIpc) is 2.74. The summed E-state index contributed by atoms with van der Waals surface area (Å²) in [4.78, 5) is 23.8. The number of hydrogen-bond donors (Lipinski definition) is 2. The van der Waals surface area contributed by atoms with E-state index in [1.54, 1.807) is 14.0 Å². The molecular weight excluding hydrogens is 248 g/mol. The van der Waals surface area contributed by atoms with Crippen LogP contribution in [0.5, 0.6) is 0 Å². The van der Waals surface area contributed by atoms with E-state index in [1.807, 2.05) is 19.1 Å². The first-order valence-corrected chi connectivity index (χ1v) is 6.17. The number of carbonyl (C=O) groups excluding carboxylic acids is 1.